The van der Waals surface area contributed by atoms with Crippen molar-refractivity contribution in [2.45, 2.75) is 17.9 Å². The highest BCUT2D eigenvalue weighted by Gasteiger charge is 2.29. The van der Waals surface area contributed by atoms with Crippen LogP contribution in [-0.4, -0.2) is 20.9 Å². The van der Waals surface area contributed by atoms with E-state index >= 15 is 0 Å². The molecule has 8 heteroatoms. The predicted octanol–water partition coefficient (Wildman–Crippen LogP) is 6.40. The number of anilines is 1. The fourth-order valence-electron chi connectivity index (χ4n) is 3.87. The molecular weight excluding hydrogens is 515 g/mol. The van der Waals surface area contributed by atoms with Crippen LogP contribution in [0.15, 0.2) is 108 Å². The molecule has 1 amide bonds. The Morgan fingerprint density at radius 2 is 1.44 bits per heavy atom. The first-order chi connectivity index (χ1) is 17.3. The Morgan fingerprint density at radius 3 is 2.08 bits per heavy atom. The van der Waals surface area contributed by atoms with E-state index in [0.29, 0.717) is 0 Å². The molecule has 1 atom stereocenters. The van der Waals surface area contributed by atoms with Gasteiger partial charge in [-0.25, -0.2) is 8.42 Å². The summed E-state index contributed by atoms with van der Waals surface area (Å²) in [6, 6.07) is 29.3. The molecule has 0 saturated carbocycles. The van der Waals surface area contributed by atoms with E-state index in [0.717, 1.165) is 21.0 Å². The Hall–Kier alpha value is -3.32. The maximum absolute atomic E-state index is 13.6. The van der Waals surface area contributed by atoms with E-state index in [4.69, 9.17) is 23.2 Å². The van der Waals surface area contributed by atoms with Crippen LogP contribution in [0.5, 0.6) is 0 Å². The van der Waals surface area contributed by atoms with Crippen molar-refractivity contribution in [3.63, 3.8) is 0 Å². The van der Waals surface area contributed by atoms with E-state index < -0.39 is 28.5 Å². The second kappa shape index (κ2) is 11.2. The average Bonchev–Trinajstić information content (AvgIpc) is 2.88. The molecule has 0 radical (unpaired) electrons. The molecule has 36 heavy (non-hydrogen) atoms. The molecule has 0 aromatic heterocycles. The molecule has 0 bridgehead atoms. The number of hydrogen-bond acceptors (Lipinski definition) is 3. The zero-order valence-corrected chi connectivity index (χ0v) is 21.8. The van der Waals surface area contributed by atoms with E-state index in [1.165, 1.54) is 30.3 Å². The number of halogens is 2. The number of hydrogen-bond donors (Lipinski definition) is 1. The lowest BCUT2D eigenvalue weighted by Gasteiger charge is -2.26. The third kappa shape index (κ3) is 5.90. The lowest BCUT2D eigenvalue weighted by Crippen LogP contribution is -2.42. The van der Waals surface area contributed by atoms with Crippen molar-refractivity contribution in [2.75, 3.05) is 10.8 Å². The normalized spacial score (nSPS) is 12.1. The number of rotatable bonds is 8. The predicted molar refractivity (Wildman–Crippen MR) is 145 cm³/mol. The van der Waals surface area contributed by atoms with Crippen molar-refractivity contribution in [2.24, 2.45) is 0 Å². The number of carbonyl (C=O) groups excluding carboxylic acids is 1. The number of benzene rings is 4. The molecule has 1 N–H and O–H groups in total. The molecule has 4 aromatic rings. The number of nitrogens with zero attached hydrogens (tertiary/aromatic N) is 1. The van der Waals surface area contributed by atoms with Crippen LogP contribution >= 0.6 is 23.2 Å². The number of amides is 1. The first-order valence-electron chi connectivity index (χ1n) is 11.2. The fourth-order valence-corrected chi connectivity index (χ4v) is 5.59. The smallest absolute Gasteiger partial charge is 0.264 e. The van der Waals surface area contributed by atoms with E-state index in [9.17, 15) is 13.2 Å². The molecule has 0 aliphatic heterocycles. The number of nitrogens with one attached hydrogen (secondary N) is 1. The van der Waals surface area contributed by atoms with E-state index in [1.54, 1.807) is 18.2 Å². The molecule has 0 aliphatic carbocycles. The standard InChI is InChI=1S/C28H24Cl2N2O3S/c1-20-9-8-12-22(17-20)28(21-10-4-2-5-11-21)31-27(33)19-32(23-15-16-25(29)26(30)18-23)36(34,35)24-13-6-3-7-14-24/h2-18,28H,19H2,1H3,(H,31,33). The molecular formula is C28H24Cl2N2O3S. The second-order valence-electron chi connectivity index (χ2n) is 8.25. The number of sulfonamides is 1. The molecule has 4 aromatic carbocycles. The highest BCUT2D eigenvalue weighted by molar-refractivity contribution is 7.92. The van der Waals surface area contributed by atoms with Gasteiger partial charge in [-0.3, -0.25) is 9.10 Å². The monoisotopic (exact) mass is 538 g/mol. The second-order valence-corrected chi connectivity index (χ2v) is 10.9. The van der Waals surface area contributed by atoms with Crippen LogP contribution < -0.4 is 9.62 Å². The summed E-state index contributed by atoms with van der Waals surface area (Å²) in [5.41, 5.74) is 3.05. The summed E-state index contributed by atoms with van der Waals surface area (Å²) >= 11 is 12.3. The third-order valence-corrected chi connectivity index (χ3v) is 8.15. The van der Waals surface area contributed by atoms with Crippen molar-refractivity contribution in [1.82, 2.24) is 5.32 Å². The molecule has 184 valence electrons. The molecule has 4 rings (SSSR count). The highest BCUT2D eigenvalue weighted by Crippen LogP contribution is 2.31. The summed E-state index contributed by atoms with van der Waals surface area (Å²) in [6.07, 6.45) is 0. The van der Waals surface area contributed by atoms with Crippen molar-refractivity contribution < 1.29 is 13.2 Å². The Bertz CT molecular complexity index is 1460. The Labute approximate surface area is 221 Å². The van der Waals surface area contributed by atoms with Crippen LogP contribution in [-0.2, 0) is 14.8 Å². The lowest BCUT2D eigenvalue weighted by molar-refractivity contribution is -0.120. The van der Waals surface area contributed by atoms with E-state index in [2.05, 4.69) is 5.32 Å². The Kier molecular flexibility index (Phi) is 7.99. The fraction of sp³-hybridized carbons (Fsp3) is 0.107. The van der Waals surface area contributed by atoms with Gasteiger partial charge < -0.3 is 5.32 Å². The molecule has 0 aliphatic rings. The first kappa shape index (κ1) is 25.8. The zero-order chi connectivity index (χ0) is 25.7. The van der Waals surface area contributed by atoms with Gasteiger partial charge in [0.1, 0.15) is 6.54 Å². The van der Waals surface area contributed by atoms with Gasteiger partial charge in [-0.1, -0.05) is 102 Å². The van der Waals surface area contributed by atoms with Gasteiger partial charge in [0.15, 0.2) is 0 Å². The van der Waals surface area contributed by atoms with Gasteiger partial charge in [0.2, 0.25) is 5.91 Å². The minimum absolute atomic E-state index is 0.0576. The summed E-state index contributed by atoms with van der Waals surface area (Å²) < 4.78 is 28.2. The summed E-state index contributed by atoms with van der Waals surface area (Å²) in [5, 5.41) is 3.49. The molecule has 0 saturated heterocycles. The van der Waals surface area contributed by atoms with Crippen molar-refractivity contribution in [1.29, 1.82) is 0 Å². The van der Waals surface area contributed by atoms with Gasteiger partial charge in [-0.15, -0.1) is 0 Å². The Morgan fingerprint density at radius 1 is 0.806 bits per heavy atom. The van der Waals surface area contributed by atoms with Crippen LogP contribution in [0.4, 0.5) is 5.69 Å². The maximum Gasteiger partial charge on any atom is 0.264 e. The maximum atomic E-state index is 13.6. The van der Waals surface area contributed by atoms with Gasteiger partial charge in [-0.05, 0) is 48.4 Å². The summed E-state index contributed by atoms with van der Waals surface area (Å²) in [6.45, 7) is 1.52. The van der Waals surface area contributed by atoms with Gasteiger partial charge in [0.05, 0.1) is 26.7 Å². The van der Waals surface area contributed by atoms with E-state index in [-0.39, 0.29) is 20.6 Å². The van der Waals surface area contributed by atoms with Crippen LogP contribution in [0.1, 0.15) is 22.7 Å². The topological polar surface area (TPSA) is 66.5 Å². The number of aryl methyl sites for hydroxylation is 1. The van der Waals surface area contributed by atoms with Crippen LogP contribution in [0.2, 0.25) is 10.0 Å². The highest BCUT2D eigenvalue weighted by atomic mass is 35.5. The quantitative estimate of drug-likeness (QED) is 0.282. The molecule has 0 spiro atoms. The number of carbonyl (C=O) groups is 1. The van der Waals surface area contributed by atoms with Crippen molar-refractivity contribution in [3.05, 3.63) is 130 Å². The van der Waals surface area contributed by atoms with E-state index in [1.807, 2.05) is 61.5 Å². The third-order valence-electron chi connectivity index (χ3n) is 5.62. The SMILES string of the molecule is Cc1cccc(C(NC(=O)CN(c2ccc(Cl)c(Cl)c2)S(=O)(=O)c2ccccc2)c2ccccc2)c1. The molecule has 5 nitrogen and oxygen atoms in total. The minimum atomic E-state index is -4.08. The first-order valence-corrected chi connectivity index (χ1v) is 13.4. The average molecular weight is 539 g/mol. The molecule has 1 unspecified atom stereocenters. The zero-order valence-electron chi connectivity index (χ0n) is 19.4. The van der Waals surface area contributed by atoms with Crippen molar-refractivity contribution >= 4 is 44.8 Å². The summed E-state index contributed by atoms with van der Waals surface area (Å²) in [7, 11) is -4.08. The van der Waals surface area contributed by atoms with Crippen LogP contribution in [0.3, 0.4) is 0 Å². The van der Waals surface area contributed by atoms with Crippen LogP contribution in [0, 0.1) is 6.92 Å². The van der Waals surface area contributed by atoms with Gasteiger partial charge in [-0.2, -0.15) is 0 Å². The molecule has 0 fully saturated rings. The molecule has 0 heterocycles. The van der Waals surface area contributed by atoms with Gasteiger partial charge in [0.25, 0.3) is 10.0 Å². The minimum Gasteiger partial charge on any atom is -0.344 e. The van der Waals surface area contributed by atoms with Gasteiger partial charge in [0, 0.05) is 0 Å². The Balaban J connectivity index is 1.70. The van der Waals surface area contributed by atoms with Crippen LogP contribution in [0.25, 0.3) is 0 Å². The largest absolute Gasteiger partial charge is 0.344 e. The van der Waals surface area contributed by atoms with Gasteiger partial charge >= 0.3 is 0 Å². The summed E-state index contributed by atoms with van der Waals surface area (Å²) in [4.78, 5) is 13.5. The summed E-state index contributed by atoms with van der Waals surface area (Å²) in [5.74, 6) is -0.476. The van der Waals surface area contributed by atoms with Crippen molar-refractivity contribution in [3.8, 4) is 0 Å². The lowest BCUT2D eigenvalue weighted by atomic mass is 9.97.